The molecule has 0 bridgehead atoms. The highest BCUT2D eigenvalue weighted by Gasteiger charge is 2.12. The van der Waals surface area contributed by atoms with Gasteiger partial charge < -0.3 is 9.72 Å². The Kier molecular flexibility index (Phi) is 6.03. The molecule has 2 N–H and O–H groups in total. The fourth-order valence-corrected chi connectivity index (χ4v) is 2.44. The summed E-state index contributed by atoms with van der Waals surface area (Å²) in [6, 6.07) is 2.47. The van der Waals surface area contributed by atoms with Gasteiger partial charge in [-0.1, -0.05) is 0 Å². The van der Waals surface area contributed by atoms with Crippen LogP contribution in [0.25, 0.3) is 0 Å². The average Bonchev–Trinajstić information content (AvgIpc) is 2.34. The smallest absolute Gasteiger partial charge is 0.247 e. The van der Waals surface area contributed by atoms with Crippen LogP contribution < -0.4 is 10.3 Å². The minimum atomic E-state index is -3.52. The van der Waals surface area contributed by atoms with Crippen molar-refractivity contribution in [3.05, 3.63) is 28.7 Å². The zero-order valence-corrected chi connectivity index (χ0v) is 11.1. The third-order valence-electron chi connectivity index (χ3n) is 2.38. The van der Waals surface area contributed by atoms with E-state index in [1.54, 1.807) is 7.11 Å². The molecule has 1 aromatic rings. The number of pyridine rings is 1. The number of hydrogen-bond donors (Lipinski definition) is 2. The van der Waals surface area contributed by atoms with E-state index < -0.39 is 10.0 Å². The van der Waals surface area contributed by atoms with E-state index in [9.17, 15) is 13.2 Å². The molecule has 0 aromatic carbocycles. The Morgan fingerprint density at radius 3 is 2.67 bits per heavy atom. The molecule has 0 fully saturated rings. The van der Waals surface area contributed by atoms with E-state index in [1.165, 1.54) is 18.3 Å². The molecule has 102 valence electrons. The number of hydrogen-bond acceptors (Lipinski definition) is 4. The molecule has 6 nitrogen and oxygen atoms in total. The highest BCUT2D eigenvalue weighted by atomic mass is 32.2. The zero-order valence-electron chi connectivity index (χ0n) is 10.3. The van der Waals surface area contributed by atoms with Gasteiger partial charge >= 0.3 is 0 Å². The second-order valence-electron chi connectivity index (χ2n) is 3.84. The Morgan fingerprint density at radius 1 is 1.28 bits per heavy atom. The maximum absolute atomic E-state index is 11.8. The van der Waals surface area contributed by atoms with Gasteiger partial charge in [0.05, 0.1) is 4.90 Å². The lowest BCUT2D eigenvalue weighted by molar-refractivity contribution is 0.192. The van der Waals surface area contributed by atoms with Crippen molar-refractivity contribution in [2.45, 2.75) is 24.2 Å². The molecule has 7 heteroatoms. The minimum absolute atomic E-state index is 0.0685. The topological polar surface area (TPSA) is 88.3 Å². The first kappa shape index (κ1) is 14.9. The molecule has 18 heavy (non-hydrogen) atoms. The van der Waals surface area contributed by atoms with Crippen LogP contribution in [0.5, 0.6) is 0 Å². The Morgan fingerprint density at radius 2 is 2.06 bits per heavy atom. The second-order valence-corrected chi connectivity index (χ2v) is 5.61. The number of ether oxygens (including phenoxy) is 1. The maximum Gasteiger partial charge on any atom is 0.247 e. The highest BCUT2D eigenvalue weighted by Crippen LogP contribution is 2.04. The summed E-state index contributed by atoms with van der Waals surface area (Å²) >= 11 is 0. The molecule has 0 saturated carbocycles. The molecular formula is C11H18N2O4S. The SMILES string of the molecule is COCCCCCNS(=O)(=O)c1ccc(=O)[nH]c1. The molecule has 1 heterocycles. The second kappa shape index (κ2) is 7.30. The van der Waals surface area contributed by atoms with Gasteiger partial charge in [0.2, 0.25) is 15.6 Å². The van der Waals surface area contributed by atoms with Gasteiger partial charge in [0.25, 0.3) is 0 Å². The first-order valence-electron chi connectivity index (χ1n) is 5.73. The summed E-state index contributed by atoms with van der Waals surface area (Å²) in [5.41, 5.74) is -0.325. The molecule has 0 spiro atoms. The number of aromatic nitrogens is 1. The lowest BCUT2D eigenvalue weighted by atomic mass is 10.2. The normalized spacial score (nSPS) is 11.6. The summed E-state index contributed by atoms with van der Waals surface area (Å²) in [6.07, 6.45) is 3.76. The van der Waals surface area contributed by atoms with Crippen LogP contribution in [0, 0.1) is 0 Å². The largest absolute Gasteiger partial charge is 0.385 e. The average molecular weight is 274 g/mol. The lowest BCUT2D eigenvalue weighted by Crippen LogP contribution is -2.25. The van der Waals surface area contributed by atoms with E-state index >= 15 is 0 Å². The van der Waals surface area contributed by atoms with Gasteiger partial charge in [-0.15, -0.1) is 0 Å². The number of nitrogens with one attached hydrogen (secondary N) is 2. The summed E-state index contributed by atoms with van der Waals surface area (Å²) in [5.74, 6) is 0. The van der Waals surface area contributed by atoms with Crippen LogP contribution in [0.1, 0.15) is 19.3 Å². The van der Waals surface area contributed by atoms with E-state index in [-0.39, 0.29) is 10.5 Å². The summed E-state index contributed by atoms with van der Waals surface area (Å²) in [7, 11) is -1.88. The third-order valence-corrected chi connectivity index (χ3v) is 3.84. The Hall–Kier alpha value is -1.18. The molecule has 0 aliphatic carbocycles. The fourth-order valence-electron chi connectivity index (χ4n) is 1.40. The van der Waals surface area contributed by atoms with E-state index in [2.05, 4.69) is 9.71 Å². The standard InChI is InChI=1S/C11H18N2O4S/c1-17-8-4-2-3-7-13-18(15,16)10-5-6-11(14)12-9-10/h5-6,9,13H,2-4,7-8H2,1H3,(H,12,14). The van der Waals surface area contributed by atoms with Crippen molar-refractivity contribution in [1.82, 2.24) is 9.71 Å². The minimum Gasteiger partial charge on any atom is -0.385 e. The summed E-state index contributed by atoms with van der Waals surface area (Å²) in [5, 5.41) is 0. The maximum atomic E-state index is 11.8. The van der Waals surface area contributed by atoms with Crippen molar-refractivity contribution in [3.8, 4) is 0 Å². The monoisotopic (exact) mass is 274 g/mol. The van der Waals surface area contributed by atoms with Crippen LogP contribution in [-0.2, 0) is 14.8 Å². The first-order chi connectivity index (χ1) is 8.56. The zero-order chi connectivity index (χ0) is 13.4. The highest BCUT2D eigenvalue weighted by molar-refractivity contribution is 7.89. The number of rotatable bonds is 8. The van der Waals surface area contributed by atoms with Crippen LogP contribution in [-0.4, -0.2) is 33.7 Å². The van der Waals surface area contributed by atoms with Crippen molar-refractivity contribution in [1.29, 1.82) is 0 Å². The number of H-pyrrole nitrogens is 1. The molecule has 1 rings (SSSR count). The van der Waals surface area contributed by atoms with Crippen molar-refractivity contribution in [2.75, 3.05) is 20.3 Å². The van der Waals surface area contributed by atoms with E-state index in [1.807, 2.05) is 0 Å². The van der Waals surface area contributed by atoms with Gasteiger partial charge in [-0.3, -0.25) is 4.79 Å². The van der Waals surface area contributed by atoms with Gasteiger partial charge in [-0.05, 0) is 25.3 Å². The molecule has 0 aliphatic rings. The van der Waals surface area contributed by atoms with Gasteiger partial charge in [-0.25, -0.2) is 13.1 Å². The quantitative estimate of drug-likeness (QED) is 0.674. The molecule has 1 aromatic heterocycles. The van der Waals surface area contributed by atoms with Crippen LogP contribution in [0.4, 0.5) is 0 Å². The molecule has 0 saturated heterocycles. The summed E-state index contributed by atoms with van der Waals surface area (Å²) < 4.78 is 30.9. The van der Waals surface area contributed by atoms with E-state index in [0.29, 0.717) is 13.2 Å². The van der Waals surface area contributed by atoms with Crippen molar-refractivity contribution >= 4 is 10.0 Å². The lowest BCUT2D eigenvalue weighted by Gasteiger charge is -2.06. The number of aromatic amines is 1. The van der Waals surface area contributed by atoms with Crippen molar-refractivity contribution in [3.63, 3.8) is 0 Å². The Balaban J connectivity index is 2.41. The van der Waals surface area contributed by atoms with Crippen LogP contribution >= 0.6 is 0 Å². The summed E-state index contributed by atoms with van der Waals surface area (Å²) in [6.45, 7) is 1.07. The molecular weight excluding hydrogens is 256 g/mol. The van der Waals surface area contributed by atoms with Crippen LogP contribution in [0.2, 0.25) is 0 Å². The van der Waals surface area contributed by atoms with Crippen molar-refractivity contribution < 1.29 is 13.2 Å². The number of unbranched alkanes of at least 4 members (excludes halogenated alkanes) is 2. The number of sulfonamides is 1. The van der Waals surface area contributed by atoms with Crippen LogP contribution in [0.3, 0.4) is 0 Å². The van der Waals surface area contributed by atoms with Crippen LogP contribution in [0.15, 0.2) is 28.0 Å². The van der Waals surface area contributed by atoms with E-state index in [0.717, 1.165) is 19.3 Å². The van der Waals surface area contributed by atoms with Gasteiger partial charge in [-0.2, -0.15) is 0 Å². The van der Waals surface area contributed by atoms with Crippen molar-refractivity contribution in [2.24, 2.45) is 0 Å². The summed E-state index contributed by atoms with van der Waals surface area (Å²) in [4.78, 5) is 13.2. The predicted molar refractivity (Wildman–Crippen MR) is 68.0 cm³/mol. The van der Waals surface area contributed by atoms with Gasteiger partial charge in [0, 0.05) is 32.5 Å². The first-order valence-corrected chi connectivity index (χ1v) is 7.22. The fraction of sp³-hybridized carbons (Fsp3) is 0.545. The molecule has 0 radical (unpaired) electrons. The Bertz CT molecular complexity index is 490. The molecule has 0 aliphatic heterocycles. The molecule has 0 unspecified atom stereocenters. The van der Waals surface area contributed by atoms with E-state index in [4.69, 9.17) is 4.74 Å². The van der Waals surface area contributed by atoms with Gasteiger partial charge in [0.1, 0.15) is 0 Å². The molecule has 0 atom stereocenters. The predicted octanol–water partition coefficient (Wildman–Crippen LogP) is 0.470. The van der Waals surface area contributed by atoms with Gasteiger partial charge in [0.15, 0.2) is 0 Å². The Labute approximate surface area is 106 Å². The number of methoxy groups -OCH3 is 1. The molecule has 0 amide bonds. The third kappa shape index (κ3) is 4.99.